The minimum atomic E-state index is -3.65. The molecule has 0 saturated heterocycles. The first-order valence-electron chi connectivity index (χ1n) is 6.26. The van der Waals surface area contributed by atoms with Crippen LogP contribution in [0.4, 0.5) is 11.4 Å². The number of nitrogens with zero attached hydrogens (tertiary/aromatic N) is 1. The lowest BCUT2D eigenvalue weighted by molar-refractivity contribution is 0.172. The summed E-state index contributed by atoms with van der Waals surface area (Å²) in [5, 5.41) is 0. The Morgan fingerprint density at radius 3 is 2.35 bits per heavy atom. The first-order chi connectivity index (χ1) is 9.31. The smallest absolute Gasteiger partial charge is 0.301 e. The lowest BCUT2D eigenvalue weighted by atomic mass is 10.2. The highest BCUT2D eigenvalue weighted by Gasteiger charge is 2.23. The summed E-state index contributed by atoms with van der Waals surface area (Å²) in [6, 6.07) is 2.93. The molecule has 0 unspecified atom stereocenters. The second-order valence-corrected chi connectivity index (χ2v) is 6.53. The van der Waals surface area contributed by atoms with Crippen LogP contribution >= 0.6 is 0 Å². The standard InChI is InChI=1S/C12H19N3O4S/c1-8(2)15(3)20(16,17)14-10-7-12-11(6-9(10)13)18-4-5-19-12/h6-8,14H,4-5,13H2,1-3H3. The Labute approximate surface area is 118 Å². The summed E-state index contributed by atoms with van der Waals surface area (Å²) in [6.07, 6.45) is 0. The number of rotatable bonds is 4. The Hall–Kier alpha value is -1.67. The summed E-state index contributed by atoms with van der Waals surface area (Å²) in [6.45, 7) is 4.45. The van der Waals surface area contributed by atoms with E-state index in [4.69, 9.17) is 15.2 Å². The number of hydrogen-bond acceptors (Lipinski definition) is 5. The van der Waals surface area contributed by atoms with Crippen LogP contribution in [0.3, 0.4) is 0 Å². The van der Waals surface area contributed by atoms with Gasteiger partial charge in [0.15, 0.2) is 11.5 Å². The molecule has 0 amide bonds. The summed E-state index contributed by atoms with van der Waals surface area (Å²) in [7, 11) is -2.15. The van der Waals surface area contributed by atoms with E-state index >= 15 is 0 Å². The van der Waals surface area contributed by atoms with Gasteiger partial charge in [-0.1, -0.05) is 0 Å². The highest BCUT2D eigenvalue weighted by Crippen LogP contribution is 2.37. The fraction of sp³-hybridized carbons (Fsp3) is 0.500. The fourth-order valence-corrected chi connectivity index (χ4v) is 2.84. The van der Waals surface area contributed by atoms with Crippen molar-refractivity contribution in [2.75, 3.05) is 30.7 Å². The quantitative estimate of drug-likeness (QED) is 0.810. The second-order valence-electron chi connectivity index (χ2n) is 4.80. The van der Waals surface area contributed by atoms with E-state index in [1.807, 2.05) is 0 Å². The Morgan fingerprint density at radius 1 is 1.25 bits per heavy atom. The van der Waals surface area contributed by atoms with Crippen molar-refractivity contribution in [3.05, 3.63) is 12.1 Å². The molecule has 1 aromatic rings. The van der Waals surface area contributed by atoms with Crippen molar-refractivity contribution in [3.63, 3.8) is 0 Å². The summed E-state index contributed by atoms with van der Waals surface area (Å²) < 4.78 is 38.8. The van der Waals surface area contributed by atoms with E-state index in [1.165, 1.54) is 17.4 Å². The predicted octanol–water partition coefficient (Wildman–Crippen LogP) is 1.04. The first-order valence-corrected chi connectivity index (χ1v) is 7.70. The van der Waals surface area contributed by atoms with E-state index in [1.54, 1.807) is 19.9 Å². The van der Waals surface area contributed by atoms with Crippen molar-refractivity contribution in [2.45, 2.75) is 19.9 Å². The Morgan fingerprint density at radius 2 is 1.80 bits per heavy atom. The lowest BCUT2D eigenvalue weighted by Gasteiger charge is -2.24. The SMILES string of the molecule is CC(C)N(C)S(=O)(=O)Nc1cc2c(cc1N)OCCO2. The molecule has 7 nitrogen and oxygen atoms in total. The fourth-order valence-electron chi connectivity index (χ4n) is 1.68. The number of anilines is 2. The van der Waals surface area contributed by atoms with Crippen LogP contribution in [0.5, 0.6) is 11.5 Å². The second kappa shape index (κ2) is 5.37. The molecule has 1 aromatic carbocycles. The monoisotopic (exact) mass is 301 g/mol. The van der Waals surface area contributed by atoms with Gasteiger partial charge in [-0.3, -0.25) is 4.72 Å². The minimum absolute atomic E-state index is 0.161. The summed E-state index contributed by atoms with van der Waals surface area (Å²) in [5.74, 6) is 1.00. The number of nitrogen functional groups attached to an aromatic ring is 1. The highest BCUT2D eigenvalue weighted by atomic mass is 32.2. The molecule has 0 bridgehead atoms. The maximum Gasteiger partial charge on any atom is 0.301 e. The molecule has 0 atom stereocenters. The largest absolute Gasteiger partial charge is 0.486 e. The Bertz CT molecular complexity index is 601. The molecule has 0 spiro atoms. The van der Waals surface area contributed by atoms with Gasteiger partial charge in [0, 0.05) is 25.2 Å². The molecule has 0 aromatic heterocycles. The molecular formula is C12H19N3O4S. The molecule has 1 aliphatic rings. The van der Waals surface area contributed by atoms with Crippen LogP contribution in [0.1, 0.15) is 13.8 Å². The summed E-state index contributed by atoms with van der Waals surface area (Å²) in [5.41, 5.74) is 6.41. The van der Waals surface area contributed by atoms with Crippen LogP contribution in [0.15, 0.2) is 12.1 Å². The molecule has 112 valence electrons. The van der Waals surface area contributed by atoms with Gasteiger partial charge in [-0.25, -0.2) is 0 Å². The van der Waals surface area contributed by atoms with Crippen LogP contribution < -0.4 is 19.9 Å². The van der Waals surface area contributed by atoms with E-state index in [2.05, 4.69) is 4.72 Å². The summed E-state index contributed by atoms with van der Waals surface area (Å²) >= 11 is 0. The first kappa shape index (κ1) is 14.7. The zero-order valence-corrected chi connectivity index (χ0v) is 12.5. The number of benzene rings is 1. The van der Waals surface area contributed by atoms with Gasteiger partial charge >= 0.3 is 10.2 Å². The third-order valence-electron chi connectivity index (χ3n) is 3.06. The number of hydrogen-bond donors (Lipinski definition) is 2. The van der Waals surface area contributed by atoms with Crippen molar-refractivity contribution in [3.8, 4) is 11.5 Å². The number of nitrogens with two attached hydrogens (primary N) is 1. The van der Waals surface area contributed by atoms with Crippen LogP contribution in [-0.4, -0.2) is 39.0 Å². The molecular weight excluding hydrogens is 282 g/mol. The van der Waals surface area contributed by atoms with Crippen molar-refractivity contribution in [1.29, 1.82) is 0 Å². The summed E-state index contributed by atoms with van der Waals surface area (Å²) in [4.78, 5) is 0. The molecule has 3 N–H and O–H groups in total. The maximum atomic E-state index is 12.1. The number of nitrogens with one attached hydrogen (secondary N) is 1. The van der Waals surface area contributed by atoms with Gasteiger partial charge in [0.05, 0.1) is 11.4 Å². The molecule has 0 saturated carbocycles. The van der Waals surface area contributed by atoms with Gasteiger partial charge in [0.1, 0.15) is 13.2 Å². The zero-order chi connectivity index (χ0) is 14.9. The molecule has 8 heteroatoms. The third-order valence-corrected chi connectivity index (χ3v) is 4.72. The van der Waals surface area contributed by atoms with E-state index in [0.717, 1.165) is 0 Å². The third kappa shape index (κ3) is 2.91. The Balaban J connectivity index is 2.30. The average molecular weight is 301 g/mol. The van der Waals surface area contributed by atoms with Crippen LogP contribution in [-0.2, 0) is 10.2 Å². The van der Waals surface area contributed by atoms with Gasteiger partial charge in [-0.15, -0.1) is 0 Å². The van der Waals surface area contributed by atoms with Gasteiger partial charge in [-0.2, -0.15) is 12.7 Å². The van der Waals surface area contributed by atoms with E-state index in [9.17, 15) is 8.42 Å². The average Bonchev–Trinajstić information content (AvgIpc) is 2.38. The van der Waals surface area contributed by atoms with Gasteiger partial charge in [0.25, 0.3) is 0 Å². The zero-order valence-electron chi connectivity index (χ0n) is 11.7. The minimum Gasteiger partial charge on any atom is -0.486 e. The van der Waals surface area contributed by atoms with Crippen LogP contribution in [0.25, 0.3) is 0 Å². The van der Waals surface area contributed by atoms with E-state index in [-0.39, 0.29) is 17.4 Å². The molecule has 20 heavy (non-hydrogen) atoms. The van der Waals surface area contributed by atoms with Crippen molar-refractivity contribution in [1.82, 2.24) is 4.31 Å². The molecule has 0 radical (unpaired) electrons. The highest BCUT2D eigenvalue weighted by molar-refractivity contribution is 7.90. The predicted molar refractivity (Wildman–Crippen MR) is 77.3 cm³/mol. The normalized spacial score (nSPS) is 14.7. The van der Waals surface area contributed by atoms with E-state index < -0.39 is 10.2 Å². The molecule has 0 fully saturated rings. The van der Waals surface area contributed by atoms with Crippen molar-refractivity contribution in [2.24, 2.45) is 0 Å². The topological polar surface area (TPSA) is 93.9 Å². The van der Waals surface area contributed by atoms with Gasteiger partial charge in [-0.05, 0) is 13.8 Å². The number of fused-ring (bicyclic) bond motifs is 1. The maximum absolute atomic E-state index is 12.1. The molecule has 0 aliphatic carbocycles. The molecule has 1 aliphatic heterocycles. The molecule has 1 heterocycles. The van der Waals surface area contributed by atoms with Gasteiger partial charge < -0.3 is 15.2 Å². The molecule has 2 rings (SSSR count). The van der Waals surface area contributed by atoms with Crippen LogP contribution in [0, 0.1) is 0 Å². The van der Waals surface area contributed by atoms with Crippen LogP contribution in [0.2, 0.25) is 0 Å². The van der Waals surface area contributed by atoms with E-state index in [0.29, 0.717) is 24.7 Å². The Kier molecular flexibility index (Phi) is 3.96. The lowest BCUT2D eigenvalue weighted by Crippen LogP contribution is -2.37. The van der Waals surface area contributed by atoms with Gasteiger partial charge in [0.2, 0.25) is 0 Å². The van der Waals surface area contributed by atoms with Crippen molar-refractivity contribution < 1.29 is 17.9 Å². The van der Waals surface area contributed by atoms with Crippen molar-refractivity contribution >= 4 is 21.6 Å². The number of ether oxygens (including phenoxy) is 2.